The number of rotatable bonds is 4. The molecule has 1 aliphatic heterocycles. The largest absolute Gasteiger partial charge is 0.312 e. The number of piperazine rings is 1. The van der Waals surface area contributed by atoms with Gasteiger partial charge in [-0.05, 0) is 48.2 Å². The SMILES string of the molecule is CCc1ccc(F)c(-c2cccc(CN3CCNC(C)C3)c2)c1. The quantitative estimate of drug-likeness (QED) is 0.922. The lowest BCUT2D eigenvalue weighted by atomic mass is 9.99. The van der Waals surface area contributed by atoms with E-state index in [1.54, 1.807) is 6.07 Å². The number of nitrogens with zero attached hydrogens (tertiary/aromatic N) is 1. The highest BCUT2D eigenvalue weighted by Crippen LogP contribution is 2.25. The monoisotopic (exact) mass is 312 g/mol. The van der Waals surface area contributed by atoms with Crippen LogP contribution in [0, 0.1) is 5.82 Å². The van der Waals surface area contributed by atoms with E-state index in [9.17, 15) is 4.39 Å². The molecule has 1 aliphatic rings. The zero-order valence-corrected chi connectivity index (χ0v) is 14.0. The van der Waals surface area contributed by atoms with Gasteiger partial charge in [0.05, 0.1) is 0 Å². The lowest BCUT2D eigenvalue weighted by Gasteiger charge is -2.31. The van der Waals surface area contributed by atoms with E-state index in [-0.39, 0.29) is 5.82 Å². The summed E-state index contributed by atoms with van der Waals surface area (Å²) in [7, 11) is 0. The number of hydrogen-bond acceptors (Lipinski definition) is 2. The van der Waals surface area contributed by atoms with Crippen molar-refractivity contribution in [2.24, 2.45) is 0 Å². The summed E-state index contributed by atoms with van der Waals surface area (Å²) in [5, 5.41) is 3.46. The van der Waals surface area contributed by atoms with Gasteiger partial charge in [-0.3, -0.25) is 4.90 Å². The number of aryl methyl sites for hydroxylation is 1. The third kappa shape index (κ3) is 3.98. The molecule has 2 aromatic rings. The van der Waals surface area contributed by atoms with Crippen molar-refractivity contribution in [1.82, 2.24) is 10.2 Å². The Bertz CT molecular complexity index is 668. The molecule has 0 aliphatic carbocycles. The molecule has 1 unspecified atom stereocenters. The maximum Gasteiger partial charge on any atom is 0.131 e. The summed E-state index contributed by atoms with van der Waals surface area (Å²) < 4.78 is 14.2. The number of benzene rings is 2. The van der Waals surface area contributed by atoms with Crippen molar-refractivity contribution in [3.05, 3.63) is 59.4 Å². The zero-order chi connectivity index (χ0) is 16.2. The first-order valence-electron chi connectivity index (χ1n) is 8.49. The summed E-state index contributed by atoms with van der Waals surface area (Å²) in [5.41, 5.74) is 4.10. The van der Waals surface area contributed by atoms with Crippen molar-refractivity contribution in [2.75, 3.05) is 19.6 Å². The average Bonchev–Trinajstić information content (AvgIpc) is 2.55. The van der Waals surface area contributed by atoms with E-state index < -0.39 is 0 Å². The van der Waals surface area contributed by atoms with E-state index in [2.05, 4.69) is 36.2 Å². The van der Waals surface area contributed by atoms with Crippen LogP contribution in [0.2, 0.25) is 0 Å². The van der Waals surface area contributed by atoms with E-state index in [1.807, 2.05) is 24.3 Å². The van der Waals surface area contributed by atoms with Crippen LogP contribution in [0.1, 0.15) is 25.0 Å². The summed E-state index contributed by atoms with van der Waals surface area (Å²) in [5.74, 6) is -0.143. The van der Waals surface area contributed by atoms with Gasteiger partial charge in [-0.1, -0.05) is 31.2 Å². The van der Waals surface area contributed by atoms with Gasteiger partial charge in [-0.15, -0.1) is 0 Å². The van der Waals surface area contributed by atoms with E-state index in [0.29, 0.717) is 11.6 Å². The highest BCUT2D eigenvalue weighted by atomic mass is 19.1. The van der Waals surface area contributed by atoms with E-state index in [1.165, 1.54) is 11.1 Å². The fourth-order valence-corrected chi connectivity index (χ4v) is 3.26. The van der Waals surface area contributed by atoms with Gasteiger partial charge in [-0.25, -0.2) is 4.39 Å². The molecule has 1 fully saturated rings. The highest BCUT2D eigenvalue weighted by molar-refractivity contribution is 5.65. The highest BCUT2D eigenvalue weighted by Gasteiger charge is 2.16. The maximum absolute atomic E-state index is 14.2. The lowest BCUT2D eigenvalue weighted by molar-refractivity contribution is 0.199. The Labute approximate surface area is 138 Å². The summed E-state index contributed by atoms with van der Waals surface area (Å²) in [6.45, 7) is 8.40. The minimum absolute atomic E-state index is 0.143. The Hall–Kier alpha value is -1.71. The van der Waals surface area contributed by atoms with Gasteiger partial charge < -0.3 is 5.32 Å². The van der Waals surface area contributed by atoms with Crippen LogP contribution in [-0.2, 0) is 13.0 Å². The van der Waals surface area contributed by atoms with Crippen molar-refractivity contribution in [3.8, 4) is 11.1 Å². The van der Waals surface area contributed by atoms with Crippen LogP contribution < -0.4 is 5.32 Å². The molecular formula is C20H25FN2. The molecular weight excluding hydrogens is 287 g/mol. The first-order valence-corrected chi connectivity index (χ1v) is 8.49. The van der Waals surface area contributed by atoms with Crippen LogP contribution in [0.3, 0.4) is 0 Å². The molecule has 2 nitrogen and oxygen atoms in total. The summed E-state index contributed by atoms with van der Waals surface area (Å²) >= 11 is 0. The molecule has 0 radical (unpaired) electrons. The molecule has 2 aromatic carbocycles. The van der Waals surface area contributed by atoms with Crippen LogP contribution in [-0.4, -0.2) is 30.6 Å². The van der Waals surface area contributed by atoms with Gasteiger partial charge in [0, 0.05) is 37.8 Å². The topological polar surface area (TPSA) is 15.3 Å². The van der Waals surface area contributed by atoms with Gasteiger partial charge in [0.1, 0.15) is 5.82 Å². The normalized spacial score (nSPS) is 19.0. The van der Waals surface area contributed by atoms with E-state index >= 15 is 0 Å². The van der Waals surface area contributed by atoms with Crippen LogP contribution in [0.4, 0.5) is 4.39 Å². The molecule has 0 saturated carbocycles. The second-order valence-electron chi connectivity index (χ2n) is 6.46. The van der Waals surface area contributed by atoms with Crippen LogP contribution in [0.15, 0.2) is 42.5 Å². The molecule has 0 aromatic heterocycles. The molecule has 1 saturated heterocycles. The van der Waals surface area contributed by atoms with Crippen molar-refractivity contribution >= 4 is 0 Å². The number of nitrogens with one attached hydrogen (secondary N) is 1. The minimum atomic E-state index is -0.143. The fourth-order valence-electron chi connectivity index (χ4n) is 3.26. The first kappa shape index (κ1) is 16.2. The Morgan fingerprint density at radius 2 is 2.04 bits per heavy atom. The average molecular weight is 312 g/mol. The summed E-state index contributed by atoms with van der Waals surface area (Å²) in [4.78, 5) is 2.46. The number of hydrogen-bond donors (Lipinski definition) is 1. The second-order valence-corrected chi connectivity index (χ2v) is 6.46. The second kappa shape index (κ2) is 7.24. The van der Waals surface area contributed by atoms with Gasteiger partial charge in [0.15, 0.2) is 0 Å². The molecule has 3 rings (SSSR count). The molecule has 1 N–H and O–H groups in total. The van der Waals surface area contributed by atoms with Crippen molar-refractivity contribution in [3.63, 3.8) is 0 Å². The standard InChI is InChI=1S/C20H25FN2/c1-3-16-7-8-20(21)19(12-16)18-6-4-5-17(11-18)14-23-10-9-22-15(2)13-23/h4-8,11-12,15,22H,3,9-10,13-14H2,1-2H3. The molecule has 3 heteroatoms. The molecule has 1 atom stereocenters. The van der Waals surface area contributed by atoms with E-state index in [4.69, 9.17) is 0 Å². The molecule has 0 amide bonds. The third-order valence-corrected chi connectivity index (χ3v) is 4.54. The zero-order valence-electron chi connectivity index (χ0n) is 14.0. The molecule has 122 valence electrons. The molecule has 1 heterocycles. The Morgan fingerprint density at radius 3 is 2.83 bits per heavy atom. The van der Waals surface area contributed by atoms with Crippen molar-refractivity contribution in [2.45, 2.75) is 32.9 Å². The van der Waals surface area contributed by atoms with Crippen LogP contribution in [0.25, 0.3) is 11.1 Å². The first-order chi connectivity index (χ1) is 11.2. The van der Waals surface area contributed by atoms with Crippen LogP contribution >= 0.6 is 0 Å². The number of halogens is 1. The predicted octanol–water partition coefficient (Wildman–Crippen LogP) is 3.85. The summed E-state index contributed by atoms with van der Waals surface area (Å²) in [6, 6.07) is 14.3. The lowest BCUT2D eigenvalue weighted by Crippen LogP contribution is -2.48. The third-order valence-electron chi connectivity index (χ3n) is 4.54. The molecule has 0 bridgehead atoms. The minimum Gasteiger partial charge on any atom is -0.312 e. The van der Waals surface area contributed by atoms with Gasteiger partial charge in [-0.2, -0.15) is 0 Å². The van der Waals surface area contributed by atoms with Gasteiger partial charge >= 0.3 is 0 Å². The molecule has 0 spiro atoms. The fraction of sp³-hybridized carbons (Fsp3) is 0.400. The van der Waals surface area contributed by atoms with Crippen molar-refractivity contribution < 1.29 is 4.39 Å². The summed E-state index contributed by atoms with van der Waals surface area (Å²) in [6.07, 6.45) is 0.922. The van der Waals surface area contributed by atoms with Gasteiger partial charge in [0.2, 0.25) is 0 Å². The smallest absolute Gasteiger partial charge is 0.131 e. The Balaban J connectivity index is 1.82. The Kier molecular flexibility index (Phi) is 5.09. The van der Waals surface area contributed by atoms with Gasteiger partial charge in [0.25, 0.3) is 0 Å². The Morgan fingerprint density at radius 1 is 1.17 bits per heavy atom. The molecule has 23 heavy (non-hydrogen) atoms. The maximum atomic E-state index is 14.2. The van der Waals surface area contributed by atoms with Crippen LogP contribution in [0.5, 0.6) is 0 Å². The van der Waals surface area contributed by atoms with E-state index in [0.717, 1.165) is 38.2 Å². The van der Waals surface area contributed by atoms with Crippen molar-refractivity contribution in [1.29, 1.82) is 0 Å². The predicted molar refractivity (Wildman–Crippen MR) is 94.0 cm³/mol.